The van der Waals surface area contributed by atoms with Crippen molar-refractivity contribution in [2.75, 3.05) is 19.4 Å². The molecule has 0 aliphatic carbocycles. The summed E-state index contributed by atoms with van der Waals surface area (Å²) in [5, 5.41) is 2.73. The van der Waals surface area contributed by atoms with E-state index in [9.17, 15) is 4.79 Å². The lowest BCUT2D eigenvalue weighted by atomic mass is 10.2. The minimum Gasteiger partial charge on any atom is -0.326 e. The van der Waals surface area contributed by atoms with Gasteiger partial charge in [0.2, 0.25) is 5.91 Å². The zero-order valence-electron chi connectivity index (χ0n) is 8.79. The molecule has 0 saturated heterocycles. The lowest BCUT2D eigenvalue weighted by Gasteiger charge is -2.10. The SMILES string of the molecule is CC(=O)Nc1c[c]cc(CN(C)C)c1. The van der Waals surface area contributed by atoms with E-state index in [1.165, 1.54) is 6.92 Å². The Bertz CT molecular complexity index is 321. The highest BCUT2D eigenvalue weighted by Crippen LogP contribution is 2.10. The summed E-state index contributed by atoms with van der Waals surface area (Å²) in [5.41, 5.74) is 1.94. The molecule has 0 fully saturated rings. The van der Waals surface area contributed by atoms with Crippen LogP contribution in [0, 0.1) is 6.07 Å². The van der Waals surface area contributed by atoms with Gasteiger partial charge in [0.25, 0.3) is 0 Å². The number of benzene rings is 1. The minimum atomic E-state index is -0.0552. The third-order valence-electron chi connectivity index (χ3n) is 1.67. The molecule has 0 atom stereocenters. The fourth-order valence-corrected chi connectivity index (χ4v) is 1.25. The fourth-order valence-electron chi connectivity index (χ4n) is 1.25. The average Bonchev–Trinajstić information content (AvgIpc) is 2.01. The van der Waals surface area contributed by atoms with E-state index < -0.39 is 0 Å². The highest BCUT2D eigenvalue weighted by atomic mass is 16.1. The zero-order chi connectivity index (χ0) is 10.6. The maximum Gasteiger partial charge on any atom is 0.221 e. The largest absolute Gasteiger partial charge is 0.326 e. The molecule has 14 heavy (non-hydrogen) atoms. The first-order chi connectivity index (χ1) is 6.58. The van der Waals surface area contributed by atoms with Gasteiger partial charge in [-0.3, -0.25) is 4.79 Å². The first-order valence-electron chi connectivity index (χ1n) is 4.50. The molecule has 0 unspecified atom stereocenters. The lowest BCUT2D eigenvalue weighted by Crippen LogP contribution is -2.11. The number of amides is 1. The number of anilines is 1. The average molecular weight is 191 g/mol. The summed E-state index contributed by atoms with van der Waals surface area (Å²) in [4.78, 5) is 12.9. The second-order valence-corrected chi connectivity index (χ2v) is 3.55. The smallest absolute Gasteiger partial charge is 0.221 e. The molecule has 1 aromatic rings. The van der Waals surface area contributed by atoms with Crippen LogP contribution in [0.3, 0.4) is 0 Å². The Morgan fingerprint density at radius 1 is 1.50 bits per heavy atom. The van der Waals surface area contributed by atoms with Crippen LogP contribution >= 0.6 is 0 Å². The number of hydrogen-bond acceptors (Lipinski definition) is 2. The van der Waals surface area contributed by atoms with Gasteiger partial charge in [0.15, 0.2) is 0 Å². The maximum atomic E-state index is 10.8. The first kappa shape index (κ1) is 10.7. The molecule has 1 rings (SSSR count). The molecule has 0 aromatic heterocycles. The summed E-state index contributed by atoms with van der Waals surface area (Å²) < 4.78 is 0. The second kappa shape index (κ2) is 4.77. The topological polar surface area (TPSA) is 32.3 Å². The van der Waals surface area contributed by atoms with Gasteiger partial charge in [-0.05, 0) is 43.9 Å². The van der Waals surface area contributed by atoms with Crippen molar-refractivity contribution in [3.63, 3.8) is 0 Å². The number of rotatable bonds is 3. The molecule has 1 radical (unpaired) electrons. The van der Waals surface area contributed by atoms with Crippen LogP contribution in [-0.2, 0) is 11.3 Å². The van der Waals surface area contributed by atoms with Crippen LogP contribution in [0.5, 0.6) is 0 Å². The Kier molecular flexibility index (Phi) is 3.65. The summed E-state index contributed by atoms with van der Waals surface area (Å²) in [6.07, 6.45) is 0. The number of carbonyl (C=O) groups is 1. The van der Waals surface area contributed by atoms with E-state index in [0.29, 0.717) is 0 Å². The molecule has 0 aliphatic heterocycles. The molecule has 75 valence electrons. The van der Waals surface area contributed by atoms with Crippen LogP contribution in [-0.4, -0.2) is 24.9 Å². The molecular formula is C11H15N2O. The van der Waals surface area contributed by atoms with E-state index in [-0.39, 0.29) is 5.91 Å². The molecular weight excluding hydrogens is 176 g/mol. The molecule has 1 N–H and O–H groups in total. The van der Waals surface area contributed by atoms with Gasteiger partial charge in [0.05, 0.1) is 0 Å². The second-order valence-electron chi connectivity index (χ2n) is 3.55. The number of nitrogens with zero attached hydrogens (tertiary/aromatic N) is 1. The third-order valence-corrected chi connectivity index (χ3v) is 1.67. The summed E-state index contributed by atoms with van der Waals surface area (Å²) in [5.74, 6) is -0.0552. The lowest BCUT2D eigenvalue weighted by molar-refractivity contribution is -0.114. The van der Waals surface area contributed by atoms with Crippen molar-refractivity contribution in [2.45, 2.75) is 13.5 Å². The van der Waals surface area contributed by atoms with Crippen molar-refractivity contribution in [3.05, 3.63) is 29.8 Å². The Labute approximate surface area is 84.7 Å². The molecule has 3 nitrogen and oxygen atoms in total. The van der Waals surface area contributed by atoms with Crippen molar-refractivity contribution in [2.24, 2.45) is 0 Å². The molecule has 3 heteroatoms. The highest BCUT2D eigenvalue weighted by molar-refractivity contribution is 5.88. The van der Waals surface area contributed by atoms with Crippen molar-refractivity contribution >= 4 is 11.6 Å². The van der Waals surface area contributed by atoms with E-state index in [2.05, 4.69) is 16.3 Å². The monoisotopic (exact) mass is 191 g/mol. The predicted octanol–water partition coefficient (Wildman–Crippen LogP) is 1.51. The molecule has 0 spiro atoms. The summed E-state index contributed by atoms with van der Waals surface area (Å²) in [6.45, 7) is 2.35. The van der Waals surface area contributed by atoms with Gasteiger partial charge in [-0.2, -0.15) is 0 Å². The molecule has 0 bridgehead atoms. The van der Waals surface area contributed by atoms with Crippen molar-refractivity contribution in [1.29, 1.82) is 0 Å². The van der Waals surface area contributed by atoms with Gasteiger partial charge in [-0.1, -0.05) is 0 Å². The van der Waals surface area contributed by atoms with E-state index >= 15 is 0 Å². The van der Waals surface area contributed by atoms with Crippen LogP contribution in [0.2, 0.25) is 0 Å². The summed E-state index contributed by atoms with van der Waals surface area (Å²) >= 11 is 0. The van der Waals surface area contributed by atoms with Gasteiger partial charge >= 0.3 is 0 Å². The maximum absolute atomic E-state index is 10.8. The van der Waals surface area contributed by atoms with Crippen LogP contribution in [0.25, 0.3) is 0 Å². The Morgan fingerprint density at radius 2 is 2.21 bits per heavy atom. The Hall–Kier alpha value is -1.35. The van der Waals surface area contributed by atoms with Gasteiger partial charge in [-0.15, -0.1) is 0 Å². The quantitative estimate of drug-likeness (QED) is 0.785. The zero-order valence-corrected chi connectivity index (χ0v) is 8.79. The summed E-state index contributed by atoms with van der Waals surface area (Å²) in [7, 11) is 4.01. The van der Waals surface area contributed by atoms with Crippen LogP contribution < -0.4 is 5.32 Å². The molecule has 1 amide bonds. The Balaban J connectivity index is 2.73. The van der Waals surface area contributed by atoms with Crippen molar-refractivity contribution in [3.8, 4) is 0 Å². The molecule has 0 aliphatic rings. The van der Waals surface area contributed by atoms with Gasteiger partial charge in [0.1, 0.15) is 0 Å². The molecule has 0 saturated carbocycles. The number of carbonyl (C=O) groups excluding carboxylic acids is 1. The summed E-state index contributed by atoms with van der Waals surface area (Å²) in [6, 6.07) is 8.64. The van der Waals surface area contributed by atoms with Gasteiger partial charge < -0.3 is 10.2 Å². The minimum absolute atomic E-state index is 0.0552. The molecule has 0 heterocycles. The molecule has 1 aromatic carbocycles. The number of nitrogens with one attached hydrogen (secondary N) is 1. The van der Waals surface area contributed by atoms with Crippen LogP contribution in [0.1, 0.15) is 12.5 Å². The van der Waals surface area contributed by atoms with E-state index in [1.54, 1.807) is 6.07 Å². The first-order valence-corrected chi connectivity index (χ1v) is 4.50. The standard InChI is InChI=1S/C11H15N2O/c1-9(14)12-11-6-4-5-10(7-11)8-13(2)3/h5-7H,8H2,1-3H3,(H,12,14). The van der Waals surface area contributed by atoms with Crippen molar-refractivity contribution in [1.82, 2.24) is 4.90 Å². The van der Waals surface area contributed by atoms with Gasteiger partial charge in [-0.25, -0.2) is 0 Å². The Morgan fingerprint density at radius 3 is 2.79 bits per heavy atom. The fraction of sp³-hybridized carbons (Fsp3) is 0.364. The van der Waals surface area contributed by atoms with E-state index in [1.807, 2.05) is 26.2 Å². The van der Waals surface area contributed by atoms with Crippen LogP contribution in [0.4, 0.5) is 5.69 Å². The number of hydrogen-bond donors (Lipinski definition) is 1. The van der Waals surface area contributed by atoms with E-state index in [0.717, 1.165) is 17.8 Å². The predicted molar refractivity (Wildman–Crippen MR) is 57.0 cm³/mol. The van der Waals surface area contributed by atoms with Gasteiger partial charge in [0, 0.05) is 19.2 Å². The highest BCUT2D eigenvalue weighted by Gasteiger charge is 1.98. The normalized spacial score (nSPS) is 10.3. The van der Waals surface area contributed by atoms with Crippen LogP contribution in [0.15, 0.2) is 18.2 Å². The van der Waals surface area contributed by atoms with E-state index in [4.69, 9.17) is 0 Å². The van der Waals surface area contributed by atoms with Crippen molar-refractivity contribution < 1.29 is 4.79 Å². The third kappa shape index (κ3) is 3.58.